The van der Waals surface area contributed by atoms with Gasteiger partial charge in [-0.3, -0.25) is 19.4 Å². The predicted molar refractivity (Wildman–Crippen MR) is 109 cm³/mol. The summed E-state index contributed by atoms with van der Waals surface area (Å²) in [5, 5.41) is 5.16. The molecule has 7 heteroatoms. The summed E-state index contributed by atoms with van der Waals surface area (Å²) >= 11 is 1.57. The van der Waals surface area contributed by atoms with Crippen molar-refractivity contribution in [2.45, 2.75) is 6.42 Å². The Kier molecular flexibility index (Phi) is 3.95. The molecule has 0 radical (unpaired) electrons. The van der Waals surface area contributed by atoms with Crippen LogP contribution >= 0.6 is 11.3 Å². The second-order valence-electron chi connectivity index (χ2n) is 6.63. The van der Waals surface area contributed by atoms with Gasteiger partial charge in [-0.25, -0.2) is 4.98 Å². The number of hydrogen-bond donors (Lipinski definition) is 0. The third-order valence-electron chi connectivity index (χ3n) is 4.66. The van der Waals surface area contributed by atoms with Gasteiger partial charge in [0.05, 0.1) is 40.1 Å². The SMILES string of the molecule is Cn1cc(-c2cnc3cnc(CC(=O)c4ccc5scnc5c4)cc3c2)cn1. The van der Waals surface area contributed by atoms with Crippen LogP contribution in [0, 0.1) is 0 Å². The van der Waals surface area contributed by atoms with Crippen LogP contribution in [-0.4, -0.2) is 30.5 Å². The average Bonchev–Trinajstić information content (AvgIpc) is 3.35. The van der Waals surface area contributed by atoms with E-state index in [4.69, 9.17) is 0 Å². The molecule has 136 valence electrons. The molecule has 6 nitrogen and oxygen atoms in total. The van der Waals surface area contributed by atoms with Crippen LogP contribution < -0.4 is 0 Å². The number of thiazole rings is 1. The van der Waals surface area contributed by atoms with Crippen molar-refractivity contribution in [3.05, 3.63) is 71.9 Å². The topological polar surface area (TPSA) is 73.6 Å². The number of fused-ring (bicyclic) bond motifs is 2. The molecule has 0 N–H and O–H groups in total. The standard InChI is InChI=1S/C21H15N5OS/c1-26-11-16(9-25-26)15-4-14-5-17(22-10-19(14)23-8-15)7-20(27)13-2-3-21-18(6-13)24-12-28-21/h2-6,8-12H,7H2,1H3. The monoisotopic (exact) mass is 385 g/mol. The number of Topliss-reactive ketones (excluding diaryl/α,β-unsaturated/α-hetero) is 1. The Hall–Kier alpha value is -3.45. The molecule has 0 saturated carbocycles. The first kappa shape index (κ1) is 16.7. The van der Waals surface area contributed by atoms with Crippen molar-refractivity contribution in [2.24, 2.45) is 7.05 Å². The van der Waals surface area contributed by atoms with Gasteiger partial charge in [0.25, 0.3) is 0 Å². The summed E-state index contributed by atoms with van der Waals surface area (Å²) in [7, 11) is 1.88. The van der Waals surface area contributed by atoms with Gasteiger partial charge in [-0.1, -0.05) is 0 Å². The van der Waals surface area contributed by atoms with E-state index in [1.54, 1.807) is 27.7 Å². The number of benzene rings is 1. The molecule has 4 aromatic heterocycles. The highest BCUT2D eigenvalue weighted by Gasteiger charge is 2.11. The van der Waals surface area contributed by atoms with Crippen molar-refractivity contribution in [3.8, 4) is 11.1 Å². The second kappa shape index (κ2) is 6.61. The minimum absolute atomic E-state index is 0.0260. The Balaban J connectivity index is 1.45. The molecule has 0 fully saturated rings. The van der Waals surface area contributed by atoms with Crippen molar-refractivity contribution in [2.75, 3.05) is 0 Å². The fraction of sp³-hybridized carbons (Fsp3) is 0.0952. The van der Waals surface area contributed by atoms with E-state index in [2.05, 4.69) is 26.1 Å². The van der Waals surface area contributed by atoms with Gasteiger partial charge in [0.15, 0.2) is 5.78 Å². The van der Waals surface area contributed by atoms with E-state index in [1.807, 2.05) is 49.9 Å². The Morgan fingerprint density at radius 1 is 1.00 bits per heavy atom. The second-order valence-corrected chi connectivity index (χ2v) is 7.52. The first-order valence-electron chi connectivity index (χ1n) is 8.76. The Labute approximate surface area is 164 Å². The number of pyridine rings is 2. The van der Waals surface area contributed by atoms with E-state index in [1.165, 1.54) is 0 Å². The number of carbonyl (C=O) groups excluding carboxylic acids is 1. The van der Waals surface area contributed by atoms with E-state index < -0.39 is 0 Å². The van der Waals surface area contributed by atoms with Crippen LogP contribution in [0.5, 0.6) is 0 Å². The van der Waals surface area contributed by atoms with E-state index in [0.29, 0.717) is 5.56 Å². The zero-order valence-electron chi connectivity index (χ0n) is 15.0. The van der Waals surface area contributed by atoms with Gasteiger partial charge < -0.3 is 0 Å². The lowest BCUT2D eigenvalue weighted by molar-refractivity contribution is 0.0992. The van der Waals surface area contributed by atoms with E-state index in [-0.39, 0.29) is 12.2 Å². The smallest absolute Gasteiger partial charge is 0.168 e. The van der Waals surface area contributed by atoms with Crippen molar-refractivity contribution in [3.63, 3.8) is 0 Å². The van der Waals surface area contributed by atoms with Crippen molar-refractivity contribution >= 4 is 38.2 Å². The van der Waals surface area contributed by atoms with Gasteiger partial charge in [0.2, 0.25) is 0 Å². The summed E-state index contributed by atoms with van der Waals surface area (Å²) in [6.45, 7) is 0. The average molecular weight is 385 g/mol. The maximum atomic E-state index is 12.7. The molecule has 0 aliphatic rings. The lowest BCUT2D eigenvalue weighted by Crippen LogP contribution is -2.05. The third kappa shape index (κ3) is 3.05. The molecular formula is C21H15N5OS. The molecule has 0 bridgehead atoms. The number of aryl methyl sites for hydroxylation is 1. The summed E-state index contributed by atoms with van der Waals surface area (Å²) in [5.74, 6) is 0.0260. The highest BCUT2D eigenvalue weighted by atomic mass is 32.1. The quantitative estimate of drug-likeness (QED) is 0.436. The fourth-order valence-corrected chi connectivity index (χ4v) is 3.86. The summed E-state index contributed by atoms with van der Waals surface area (Å²) < 4.78 is 2.84. The third-order valence-corrected chi connectivity index (χ3v) is 5.47. The molecule has 0 atom stereocenters. The van der Waals surface area contributed by atoms with Crippen LogP contribution in [0.1, 0.15) is 16.1 Å². The molecule has 0 saturated heterocycles. The van der Waals surface area contributed by atoms with E-state index in [0.717, 1.165) is 37.9 Å². The van der Waals surface area contributed by atoms with Crippen LogP contribution in [0.15, 0.2) is 60.6 Å². The molecule has 0 aliphatic heterocycles. The molecule has 5 rings (SSSR count). The maximum absolute atomic E-state index is 12.7. The molecule has 0 spiro atoms. The summed E-state index contributed by atoms with van der Waals surface area (Å²) in [4.78, 5) is 25.9. The van der Waals surface area contributed by atoms with Crippen LogP contribution in [0.2, 0.25) is 0 Å². The lowest BCUT2D eigenvalue weighted by Gasteiger charge is -2.05. The van der Waals surface area contributed by atoms with E-state index >= 15 is 0 Å². The van der Waals surface area contributed by atoms with Crippen molar-refractivity contribution in [1.29, 1.82) is 0 Å². The zero-order valence-corrected chi connectivity index (χ0v) is 15.8. The first-order valence-corrected chi connectivity index (χ1v) is 9.64. The van der Waals surface area contributed by atoms with Crippen LogP contribution in [0.3, 0.4) is 0 Å². The number of carbonyl (C=O) groups is 1. The molecule has 0 unspecified atom stereocenters. The Bertz CT molecular complexity index is 1340. The van der Waals surface area contributed by atoms with Crippen molar-refractivity contribution in [1.82, 2.24) is 24.7 Å². The Morgan fingerprint density at radius 2 is 1.93 bits per heavy atom. The van der Waals surface area contributed by atoms with Gasteiger partial charge in [-0.2, -0.15) is 5.10 Å². The number of aromatic nitrogens is 5. The number of ketones is 1. The minimum Gasteiger partial charge on any atom is -0.294 e. The zero-order chi connectivity index (χ0) is 19.1. The van der Waals surface area contributed by atoms with Crippen LogP contribution in [0.4, 0.5) is 0 Å². The van der Waals surface area contributed by atoms with E-state index in [9.17, 15) is 4.79 Å². The number of hydrogen-bond acceptors (Lipinski definition) is 6. The van der Waals surface area contributed by atoms with Gasteiger partial charge in [0, 0.05) is 47.2 Å². The highest BCUT2D eigenvalue weighted by molar-refractivity contribution is 7.16. The molecule has 28 heavy (non-hydrogen) atoms. The molecular weight excluding hydrogens is 370 g/mol. The number of rotatable bonds is 4. The fourth-order valence-electron chi connectivity index (χ4n) is 3.20. The van der Waals surface area contributed by atoms with Gasteiger partial charge in [-0.15, -0.1) is 11.3 Å². The summed E-state index contributed by atoms with van der Waals surface area (Å²) in [5.41, 5.74) is 6.81. The predicted octanol–water partition coefficient (Wildman–Crippen LogP) is 4.07. The Morgan fingerprint density at radius 3 is 2.79 bits per heavy atom. The summed E-state index contributed by atoms with van der Waals surface area (Å²) in [6, 6.07) is 9.62. The first-order chi connectivity index (χ1) is 13.7. The molecule has 1 aromatic carbocycles. The lowest BCUT2D eigenvalue weighted by atomic mass is 10.0. The van der Waals surface area contributed by atoms with Gasteiger partial charge in [-0.05, 0) is 30.3 Å². The van der Waals surface area contributed by atoms with Gasteiger partial charge >= 0.3 is 0 Å². The molecule has 0 aliphatic carbocycles. The highest BCUT2D eigenvalue weighted by Crippen LogP contribution is 2.23. The normalized spacial score (nSPS) is 11.3. The van der Waals surface area contributed by atoms with Crippen molar-refractivity contribution < 1.29 is 4.79 Å². The summed E-state index contributed by atoms with van der Waals surface area (Å²) in [6.07, 6.45) is 7.53. The molecule has 0 amide bonds. The molecule has 5 aromatic rings. The largest absolute Gasteiger partial charge is 0.294 e. The van der Waals surface area contributed by atoms with Gasteiger partial charge in [0.1, 0.15) is 0 Å². The minimum atomic E-state index is 0.0260. The maximum Gasteiger partial charge on any atom is 0.168 e. The van der Waals surface area contributed by atoms with Crippen LogP contribution in [0.25, 0.3) is 32.2 Å². The molecule has 4 heterocycles. The van der Waals surface area contributed by atoms with Crippen LogP contribution in [-0.2, 0) is 13.5 Å². The number of nitrogens with zero attached hydrogens (tertiary/aromatic N) is 5.